The second-order valence-electron chi connectivity index (χ2n) is 8.43. The van der Waals surface area contributed by atoms with Crippen LogP contribution in [-0.4, -0.2) is 17.0 Å². The number of nitrogens with zero attached hydrogens (tertiary/aromatic N) is 1. The predicted molar refractivity (Wildman–Crippen MR) is 117 cm³/mol. The quantitative estimate of drug-likeness (QED) is 0.524. The molecule has 1 heteroatoms. The van der Waals surface area contributed by atoms with Gasteiger partial charge in [0.05, 0.1) is 0 Å². The highest BCUT2D eigenvalue weighted by atomic mass is 15.2. The molecule has 140 valence electrons. The molecule has 1 saturated heterocycles. The first kappa shape index (κ1) is 17.5. The highest BCUT2D eigenvalue weighted by Gasteiger charge is 2.56. The maximum atomic E-state index is 4.65. The Morgan fingerprint density at radius 3 is 2.11 bits per heavy atom. The van der Waals surface area contributed by atoms with Gasteiger partial charge in [0.25, 0.3) is 0 Å². The maximum absolute atomic E-state index is 4.65. The average Bonchev–Trinajstić information content (AvgIpc) is 3.32. The molecule has 2 fully saturated rings. The first-order chi connectivity index (χ1) is 13.8. The van der Waals surface area contributed by atoms with Crippen LogP contribution in [0.15, 0.2) is 97.6 Å². The van der Waals surface area contributed by atoms with Gasteiger partial charge in [0.15, 0.2) is 0 Å². The highest BCUT2D eigenvalue weighted by Crippen LogP contribution is 2.58. The molecule has 1 saturated carbocycles. The van der Waals surface area contributed by atoms with Gasteiger partial charge in [-0.1, -0.05) is 97.6 Å². The molecule has 0 radical (unpaired) electrons. The molecule has 3 aromatic carbocycles. The van der Waals surface area contributed by atoms with E-state index in [1.165, 1.54) is 35.1 Å². The fourth-order valence-corrected chi connectivity index (χ4v) is 5.55. The fourth-order valence-electron chi connectivity index (χ4n) is 5.55. The molecular weight excluding hydrogens is 338 g/mol. The minimum atomic E-state index is 0.0579. The van der Waals surface area contributed by atoms with Crippen LogP contribution in [0.5, 0.6) is 0 Å². The van der Waals surface area contributed by atoms with Gasteiger partial charge in [-0.25, -0.2) is 0 Å². The normalized spacial score (nSPS) is 26.4. The Hall–Kier alpha value is -2.64. The van der Waals surface area contributed by atoms with Crippen LogP contribution in [0.1, 0.15) is 35.4 Å². The minimum Gasteiger partial charge on any atom is -0.289 e. The van der Waals surface area contributed by atoms with Crippen LogP contribution >= 0.6 is 0 Å². The largest absolute Gasteiger partial charge is 0.289 e. The Balaban J connectivity index is 1.51. The predicted octanol–water partition coefficient (Wildman–Crippen LogP) is 6.15. The van der Waals surface area contributed by atoms with E-state index in [0.717, 1.165) is 13.1 Å². The van der Waals surface area contributed by atoms with E-state index in [0.29, 0.717) is 11.8 Å². The standard InChI is InChI=1S/C27H27N/c1-21(23-13-7-3-8-14-23)27-17-25(26(18-27)24-15-9-4-10-16-24)20-28(27)19-22-11-5-2-6-12-22/h2-16,25-26H,1,17-20H2/t25?,26-,27-/m1/s1. The number of hydrogen-bond acceptors (Lipinski definition) is 1. The van der Waals surface area contributed by atoms with Gasteiger partial charge in [-0.15, -0.1) is 0 Å². The molecular formula is C27H27N. The third-order valence-corrected chi connectivity index (χ3v) is 6.91. The van der Waals surface area contributed by atoms with E-state index in [1.54, 1.807) is 0 Å². The minimum absolute atomic E-state index is 0.0579. The molecule has 0 N–H and O–H groups in total. The van der Waals surface area contributed by atoms with Gasteiger partial charge in [0, 0.05) is 18.6 Å². The van der Waals surface area contributed by atoms with E-state index in [9.17, 15) is 0 Å². The molecule has 28 heavy (non-hydrogen) atoms. The highest BCUT2D eigenvalue weighted by molar-refractivity contribution is 5.73. The molecule has 3 aromatic rings. The topological polar surface area (TPSA) is 3.24 Å². The third kappa shape index (κ3) is 2.91. The molecule has 0 aromatic heterocycles. The van der Waals surface area contributed by atoms with Crippen molar-refractivity contribution < 1.29 is 0 Å². The van der Waals surface area contributed by atoms with E-state index < -0.39 is 0 Å². The number of hydrogen-bond donors (Lipinski definition) is 0. The Morgan fingerprint density at radius 1 is 0.821 bits per heavy atom. The second-order valence-corrected chi connectivity index (χ2v) is 8.43. The lowest BCUT2D eigenvalue weighted by atomic mass is 9.80. The second kappa shape index (κ2) is 7.07. The Kier molecular flexibility index (Phi) is 4.41. The summed E-state index contributed by atoms with van der Waals surface area (Å²) in [4.78, 5) is 2.71. The van der Waals surface area contributed by atoms with Crippen molar-refractivity contribution in [3.8, 4) is 0 Å². The number of piperidine rings is 1. The van der Waals surface area contributed by atoms with Crippen molar-refractivity contribution in [2.75, 3.05) is 6.54 Å². The van der Waals surface area contributed by atoms with Gasteiger partial charge in [-0.05, 0) is 46.9 Å². The monoisotopic (exact) mass is 365 g/mol. The van der Waals surface area contributed by atoms with Crippen LogP contribution in [0, 0.1) is 5.92 Å². The molecule has 1 heterocycles. The van der Waals surface area contributed by atoms with Crippen LogP contribution < -0.4 is 0 Å². The zero-order chi connectivity index (χ0) is 19.0. The lowest BCUT2D eigenvalue weighted by molar-refractivity contribution is 0.145. The van der Waals surface area contributed by atoms with Gasteiger partial charge in [0.2, 0.25) is 0 Å². The first-order valence-corrected chi connectivity index (χ1v) is 10.3. The van der Waals surface area contributed by atoms with E-state index in [-0.39, 0.29) is 5.54 Å². The van der Waals surface area contributed by atoms with Crippen molar-refractivity contribution in [2.24, 2.45) is 5.92 Å². The van der Waals surface area contributed by atoms with E-state index >= 15 is 0 Å². The van der Waals surface area contributed by atoms with Gasteiger partial charge >= 0.3 is 0 Å². The van der Waals surface area contributed by atoms with Crippen molar-refractivity contribution in [3.63, 3.8) is 0 Å². The van der Waals surface area contributed by atoms with Crippen molar-refractivity contribution in [2.45, 2.75) is 30.8 Å². The molecule has 1 nitrogen and oxygen atoms in total. The number of likely N-dealkylation sites (tertiary alicyclic amines) is 1. The molecule has 1 aliphatic heterocycles. The van der Waals surface area contributed by atoms with E-state index in [4.69, 9.17) is 0 Å². The molecule has 2 aliphatic rings. The summed E-state index contributed by atoms with van der Waals surface area (Å²) < 4.78 is 0. The number of fused-ring (bicyclic) bond motifs is 2. The molecule has 1 aliphatic carbocycles. The molecule has 0 amide bonds. The zero-order valence-corrected chi connectivity index (χ0v) is 16.3. The van der Waals surface area contributed by atoms with Crippen LogP contribution in [0.3, 0.4) is 0 Å². The average molecular weight is 366 g/mol. The number of rotatable bonds is 5. The fraction of sp³-hybridized carbons (Fsp3) is 0.259. The summed E-state index contributed by atoms with van der Waals surface area (Å²) >= 11 is 0. The Bertz CT molecular complexity index is 947. The molecule has 0 spiro atoms. The van der Waals surface area contributed by atoms with Crippen molar-refractivity contribution in [1.29, 1.82) is 0 Å². The maximum Gasteiger partial charge on any atom is 0.0473 e. The third-order valence-electron chi connectivity index (χ3n) is 6.91. The summed E-state index contributed by atoms with van der Waals surface area (Å²) in [7, 11) is 0. The lowest BCUT2D eigenvalue weighted by Crippen LogP contribution is -2.46. The summed E-state index contributed by atoms with van der Waals surface area (Å²) in [5, 5.41) is 0. The summed E-state index contributed by atoms with van der Waals surface area (Å²) in [6.07, 6.45) is 2.38. The van der Waals surface area contributed by atoms with E-state index in [2.05, 4.69) is 102 Å². The summed E-state index contributed by atoms with van der Waals surface area (Å²) in [6, 6.07) is 32.8. The van der Waals surface area contributed by atoms with Crippen molar-refractivity contribution in [3.05, 3.63) is 114 Å². The summed E-state index contributed by atoms with van der Waals surface area (Å²) in [5.74, 6) is 1.33. The van der Waals surface area contributed by atoms with Crippen LogP contribution in [-0.2, 0) is 6.54 Å². The van der Waals surface area contributed by atoms with E-state index in [1.807, 2.05) is 0 Å². The van der Waals surface area contributed by atoms with Gasteiger partial charge in [0.1, 0.15) is 0 Å². The van der Waals surface area contributed by atoms with Crippen LogP contribution in [0.25, 0.3) is 5.57 Å². The zero-order valence-electron chi connectivity index (χ0n) is 16.3. The SMILES string of the molecule is C=C(c1ccccc1)[C@]12CC(CN1Cc1ccccc1)[C@@H](c1ccccc1)C2. The van der Waals surface area contributed by atoms with Crippen LogP contribution in [0.2, 0.25) is 0 Å². The molecule has 5 rings (SSSR count). The van der Waals surface area contributed by atoms with Gasteiger partial charge in [-0.2, -0.15) is 0 Å². The Labute approximate surface area is 168 Å². The summed E-state index contributed by atoms with van der Waals surface area (Å²) in [5.41, 5.74) is 5.53. The first-order valence-electron chi connectivity index (χ1n) is 10.3. The Morgan fingerprint density at radius 2 is 1.43 bits per heavy atom. The number of benzene rings is 3. The van der Waals surface area contributed by atoms with Crippen molar-refractivity contribution >= 4 is 5.57 Å². The molecule has 2 bridgehead atoms. The lowest BCUT2D eigenvalue weighted by Gasteiger charge is -2.43. The van der Waals surface area contributed by atoms with Gasteiger partial charge < -0.3 is 0 Å². The smallest absolute Gasteiger partial charge is 0.0473 e. The van der Waals surface area contributed by atoms with Crippen molar-refractivity contribution in [1.82, 2.24) is 4.90 Å². The molecule has 3 atom stereocenters. The van der Waals surface area contributed by atoms with Gasteiger partial charge in [-0.3, -0.25) is 4.90 Å². The summed E-state index contributed by atoms with van der Waals surface area (Å²) in [6.45, 7) is 6.81. The molecule has 1 unspecified atom stereocenters. The van der Waals surface area contributed by atoms with Crippen LogP contribution in [0.4, 0.5) is 0 Å².